The van der Waals surface area contributed by atoms with E-state index in [1.54, 1.807) is 0 Å². The monoisotopic (exact) mass is 342 g/mol. The highest BCUT2D eigenvalue weighted by molar-refractivity contribution is 9.10. The van der Waals surface area contributed by atoms with Gasteiger partial charge in [-0.25, -0.2) is 0 Å². The Kier molecular flexibility index (Phi) is 4.16. The molecule has 0 spiro atoms. The van der Waals surface area contributed by atoms with Crippen LogP contribution in [-0.4, -0.2) is 51.0 Å². The smallest absolute Gasteiger partial charge is 0.175 e. The van der Waals surface area contributed by atoms with Crippen LogP contribution in [0.5, 0.6) is 11.5 Å². The van der Waals surface area contributed by atoms with Gasteiger partial charge in [-0.2, -0.15) is 0 Å². The van der Waals surface area contributed by atoms with Crippen molar-refractivity contribution >= 4 is 15.9 Å². The molecule has 3 rings (SSSR count). The van der Waals surface area contributed by atoms with E-state index in [1.807, 2.05) is 6.07 Å². The number of likely N-dealkylation sites (N-methyl/N-ethyl adjacent to an activating group) is 1. The number of rotatable bonds is 2. The van der Waals surface area contributed by atoms with Crippen LogP contribution in [0.15, 0.2) is 16.6 Å². The van der Waals surface area contributed by atoms with Crippen molar-refractivity contribution in [2.75, 3.05) is 40.0 Å². The first-order chi connectivity index (χ1) is 9.70. The van der Waals surface area contributed by atoms with Crippen molar-refractivity contribution in [1.29, 1.82) is 0 Å². The first-order valence-electron chi connectivity index (χ1n) is 6.81. The minimum Gasteiger partial charge on any atom is -0.486 e. The molecule has 0 radical (unpaired) electrons. The maximum absolute atomic E-state index is 5.85. The molecule has 2 atom stereocenters. The molecule has 2 heterocycles. The van der Waals surface area contributed by atoms with Crippen LogP contribution in [0.3, 0.4) is 0 Å². The molecule has 1 aromatic rings. The van der Waals surface area contributed by atoms with Crippen LogP contribution < -0.4 is 15.2 Å². The van der Waals surface area contributed by atoms with Crippen molar-refractivity contribution < 1.29 is 14.2 Å². The third-order valence-electron chi connectivity index (χ3n) is 3.80. The van der Waals surface area contributed by atoms with Crippen molar-refractivity contribution in [3.8, 4) is 11.5 Å². The van der Waals surface area contributed by atoms with Crippen molar-refractivity contribution in [1.82, 2.24) is 4.90 Å². The second-order valence-corrected chi connectivity index (χ2v) is 5.95. The van der Waals surface area contributed by atoms with Gasteiger partial charge in [-0.05, 0) is 40.7 Å². The van der Waals surface area contributed by atoms with Crippen molar-refractivity contribution in [3.05, 3.63) is 22.2 Å². The Morgan fingerprint density at radius 2 is 2.10 bits per heavy atom. The van der Waals surface area contributed by atoms with Crippen LogP contribution in [0.25, 0.3) is 0 Å². The Labute approximate surface area is 127 Å². The summed E-state index contributed by atoms with van der Waals surface area (Å²) in [6.45, 7) is 3.29. The summed E-state index contributed by atoms with van der Waals surface area (Å²) in [6, 6.07) is 4.25. The van der Waals surface area contributed by atoms with E-state index in [4.69, 9.17) is 19.9 Å². The molecule has 6 heteroatoms. The molecule has 0 bridgehead atoms. The summed E-state index contributed by atoms with van der Waals surface area (Å²) >= 11 is 3.57. The third-order valence-corrected chi connectivity index (χ3v) is 4.38. The summed E-state index contributed by atoms with van der Waals surface area (Å²) in [5.41, 5.74) is 6.99. The van der Waals surface area contributed by atoms with E-state index < -0.39 is 0 Å². The number of nitrogens with two attached hydrogens (primary N) is 1. The van der Waals surface area contributed by atoms with Crippen molar-refractivity contribution in [3.63, 3.8) is 0 Å². The quantitative estimate of drug-likeness (QED) is 0.883. The average molecular weight is 343 g/mol. The lowest BCUT2D eigenvalue weighted by Gasteiger charge is -2.39. The minimum absolute atomic E-state index is 0.00297. The molecule has 2 aliphatic heterocycles. The summed E-state index contributed by atoms with van der Waals surface area (Å²) in [5, 5.41) is 0. The van der Waals surface area contributed by atoms with Crippen LogP contribution in [0, 0.1) is 0 Å². The highest BCUT2D eigenvalue weighted by atomic mass is 79.9. The number of nitrogens with zero attached hydrogens (tertiary/aromatic N) is 1. The number of hydrogen-bond donors (Lipinski definition) is 1. The van der Waals surface area contributed by atoms with Gasteiger partial charge in [0.2, 0.25) is 0 Å². The molecule has 5 nitrogen and oxygen atoms in total. The van der Waals surface area contributed by atoms with E-state index in [2.05, 4.69) is 33.9 Å². The summed E-state index contributed by atoms with van der Waals surface area (Å²) in [4.78, 5) is 2.28. The van der Waals surface area contributed by atoms with E-state index in [-0.39, 0.29) is 12.1 Å². The zero-order valence-corrected chi connectivity index (χ0v) is 13.1. The predicted octanol–water partition coefficient (Wildman–Crippen LogP) is 1.55. The van der Waals surface area contributed by atoms with Gasteiger partial charge in [-0.1, -0.05) is 0 Å². The maximum Gasteiger partial charge on any atom is 0.175 e. The Morgan fingerprint density at radius 3 is 2.90 bits per heavy atom. The second-order valence-electron chi connectivity index (χ2n) is 5.10. The molecule has 2 unspecified atom stereocenters. The Bertz CT molecular complexity index is 498. The second kappa shape index (κ2) is 5.89. The van der Waals surface area contributed by atoms with Gasteiger partial charge in [0.1, 0.15) is 13.2 Å². The third kappa shape index (κ3) is 2.53. The topological polar surface area (TPSA) is 57.0 Å². The Morgan fingerprint density at radius 1 is 1.30 bits per heavy atom. The van der Waals surface area contributed by atoms with E-state index in [1.165, 1.54) is 0 Å². The van der Waals surface area contributed by atoms with Crippen LogP contribution >= 0.6 is 15.9 Å². The zero-order valence-electron chi connectivity index (χ0n) is 11.5. The molecule has 0 aromatic heterocycles. The molecule has 110 valence electrons. The molecule has 0 aliphatic carbocycles. The summed E-state index contributed by atoms with van der Waals surface area (Å²) in [6.07, 6.45) is 0.00297. The van der Waals surface area contributed by atoms with Crippen LogP contribution in [0.4, 0.5) is 0 Å². The maximum atomic E-state index is 5.85. The molecular weight excluding hydrogens is 324 g/mol. The highest BCUT2D eigenvalue weighted by Gasteiger charge is 2.32. The molecule has 0 saturated carbocycles. The SMILES string of the molecule is CN1CCOC(CN)C1c1cc(Br)c2c(c1)OCCO2. The lowest BCUT2D eigenvalue weighted by Crippen LogP contribution is -2.46. The molecule has 2 aliphatic rings. The van der Waals surface area contributed by atoms with Gasteiger partial charge in [0, 0.05) is 13.1 Å². The molecule has 2 N–H and O–H groups in total. The van der Waals surface area contributed by atoms with E-state index >= 15 is 0 Å². The largest absolute Gasteiger partial charge is 0.486 e. The lowest BCUT2D eigenvalue weighted by atomic mass is 9.98. The van der Waals surface area contributed by atoms with E-state index in [0.717, 1.165) is 34.7 Å². The summed E-state index contributed by atoms with van der Waals surface area (Å²) in [7, 11) is 2.10. The number of ether oxygens (including phenoxy) is 3. The van der Waals surface area contributed by atoms with Gasteiger partial charge >= 0.3 is 0 Å². The molecule has 0 amide bonds. The number of halogens is 1. The molecule has 1 aromatic carbocycles. The zero-order chi connectivity index (χ0) is 14.1. The fourth-order valence-electron chi connectivity index (χ4n) is 2.83. The van der Waals surface area contributed by atoms with E-state index in [0.29, 0.717) is 19.8 Å². The molecular formula is C14H19BrN2O3. The Hall–Kier alpha value is -0.820. The molecule has 1 saturated heterocycles. The normalized spacial score (nSPS) is 26.6. The summed E-state index contributed by atoms with van der Waals surface area (Å²) < 4.78 is 18.0. The first-order valence-corrected chi connectivity index (χ1v) is 7.61. The van der Waals surface area contributed by atoms with Gasteiger partial charge < -0.3 is 19.9 Å². The number of fused-ring (bicyclic) bond motifs is 1. The van der Waals surface area contributed by atoms with Gasteiger partial charge in [-0.3, -0.25) is 4.90 Å². The lowest BCUT2D eigenvalue weighted by molar-refractivity contribution is -0.0577. The fourth-order valence-corrected chi connectivity index (χ4v) is 3.40. The Balaban J connectivity index is 1.98. The minimum atomic E-state index is 0.00297. The predicted molar refractivity (Wildman–Crippen MR) is 79.3 cm³/mol. The number of morpholine rings is 1. The molecule has 20 heavy (non-hydrogen) atoms. The van der Waals surface area contributed by atoms with Gasteiger partial charge in [-0.15, -0.1) is 0 Å². The first kappa shape index (κ1) is 14.1. The van der Waals surface area contributed by atoms with Gasteiger partial charge in [0.25, 0.3) is 0 Å². The van der Waals surface area contributed by atoms with Crippen LogP contribution in [0.1, 0.15) is 11.6 Å². The van der Waals surface area contributed by atoms with Crippen molar-refractivity contribution in [2.24, 2.45) is 5.73 Å². The summed E-state index contributed by atoms with van der Waals surface area (Å²) in [5.74, 6) is 1.57. The van der Waals surface area contributed by atoms with Crippen molar-refractivity contribution in [2.45, 2.75) is 12.1 Å². The fraction of sp³-hybridized carbons (Fsp3) is 0.571. The number of benzene rings is 1. The van der Waals surface area contributed by atoms with E-state index in [9.17, 15) is 0 Å². The molecule has 1 fully saturated rings. The standard InChI is InChI=1S/C14H19BrN2O3/c1-17-2-3-18-12(8-16)13(17)9-6-10(15)14-11(7-9)19-4-5-20-14/h6-7,12-13H,2-5,8,16H2,1H3. The van der Waals surface area contributed by atoms with Gasteiger partial charge in [0.05, 0.1) is 23.2 Å². The highest BCUT2D eigenvalue weighted by Crippen LogP contribution is 2.41. The number of hydrogen-bond acceptors (Lipinski definition) is 5. The van der Waals surface area contributed by atoms with Crippen LogP contribution in [-0.2, 0) is 4.74 Å². The van der Waals surface area contributed by atoms with Crippen LogP contribution in [0.2, 0.25) is 0 Å². The van der Waals surface area contributed by atoms with Gasteiger partial charge in [0.15, 0.2) is 11.5 Å². The average Bonchev–Trinajstić information content (AvgIpc) is 2.46.